The SMILES string of the molecule is C=C(C)CCNC(=C)c1ccc(NC(CCCC)c2ccc(C3=NN=C(C(F)(F)F)C3)cc2)cc1. The molecule has 2 aromatic rings. The number of hydrogen-bond acceptors (Lipinski definition) is 4. The zero-order valence-corrected chi connectivity index (χ0v) is 20.4. The van der Waals surface area contributed by atoms with Crippen molar-refractivity contribution >= 4 is 22.8 Å². The lowest BCUT2D eigenvalue weighted by Crippen LogP contribution is -2.23. The maximum Gasteiger partial charge on any atom is 0.431 e. The Morgan fingerprint density at radius 2 is 1.71 bits per heavy atom. The van der Waals surface area contributed by atoms with Gasteiger partial charge in [0.15, 0.2) is 0 Å². The predicted molar refractivity (Wildman–Crippen MR) is 140 cm³/mol. The van der Waals surface area contributed by atoms with Crippen LogP contribution in [0.4, 0.5) is 18.9 Å². The molecule has 1 heterocycles. The zero-order valence-electron chi connectivity index (χ0n) is 20.4. The van der Waals surface area contributed by atoms with E-state index in [1.807, 2.05) is 55.5 Å². The predicted octanol–water partition coefficient (Wildman–Crippen LogP) is 7.67. The van der Waals surface area contributed by atoms with Crippen molar-refractivity contribution in [3.05, 3.63) is 84.0 Å². The average Bonchev–Trinajstić information content (AvgIpc) is 3.33. The average molecular weight is 483 g/mol. The summed E-state index contributed by atoms with van der Waals surface area (Å²) in [5, 5.41) is 14.0. The summed E-state index contributed by atoms with van der Waals surface area (Å²) in [6.07, 6.45) is -0.770. The standard InChI is InChI=1S/C28H33F3N4/c1-5-6-7-25(33-24-14-12-21(13-15-24)20(4)32-17-16-19(2)3)22-8-10-23(11-9-22)26-18-27(35-34-26)28(29,30)31/h8-15,25,32-33H,2,4-7,16-18H2,1,3H3. The van der Waals surface area contributed by atoms with Gasteiger partial charge < -0.3 is 10.6 Å². The van der Waals surface area contributed by atoms with Crippen LogP contribution in [0.5, 0.6) is 0 Å². The van der Waals surface area contributed by atoms with Gasteiger partial charge in [-0.3, -0.25) is 0 Å². The Balaban J connectivity index is 1.65. The summed E-state index contributed by atoms with van der Waals surface area (Å²) in [6, 6.07) is 15.8. The summed E-state index contributed by atoms with van der Waals surface area (Å²) >= 11 is 0. The molecule has 0 saturated heterocycles. The van der Waals surface area contributed by atoms with Gasteiger partial charge in [0.1, 0.15) is 5.71 Å². The Bertz CT molecular complexity index is 1080. The second kappa shape index (κ2) is 11.9. The van der Waals surface area contributed by atoms with Gasteiger partial charge in [0.25, 0.3) is 0 Å². The van der Waals surface area contributed by atoms with Crippen LogP contribution in [0.2, 0.25) is 0 Å². The summed E-state index contributed by atoms with van der Waals surface area (Å²) in [7, 11) is 0. The molecule has 7 heteroatoms. The fourth-order valence-corrected chi connectivity index (χ4v) is 3.80. The second-order valence-corrected chi connectivity index (χ2v) is 8.92. The Kier molecular flexibility index (Phi) is 8.90. The van der Waals surface area contributed by atoms with Crippen LogP contribution in [-0.2, 0) is 0 Å². The molecule has 2 aromatic carbocycles. The molecule has 0 radical (unpaired) electrons. The summed E-state index contributed by atoms with van der Waals surface area (Å²) < 4.78 is 38.6. The number of halogens is 3. The van der Waals surface area contributed by atoms with Gasteiger partial charge in [0.05, 0.1) is 11.8 Å². The molecule has 0 fully saturated rings. The quantitative estimate of drug-likeness (QED) is 0.305. The van der Waals surface area contributed by atoms with Crippen molar-refractivity contribution in [3.8, 4) is 0 Å². The van der Waals surface area contributed by atoms with Crippen LogP contribution in [0.15, 0.2) is 77.5 Å². The van der Waals surface area contributed by atoms with E-state index in [1.54, 1.807) is 0 Å². The lowest BCUT2D eigenvalue weighted by molar-refractivity contribution is -0.0596. The van der Waals surface area contributed by atoms with Gasteiger partial charge in [-0.1, -0.05) is 68.3 Å². The number of nitrogens with zero attached hydrogens (tertiary/aromatic N) is 2. The van der Waals surface area contributed by atoms with Crippen molar-refractivity contribution in [2.45, 2.75) is 58.2 Å². The number of benzene rings is 2. The monoisotopic (exact) mass is 482 g/mol. The molecule has 35 heavy (non-hydrogen) atoms. The first kappa shape index (κ1) is 26.3. The van der Waals surface area contributed by atoms with E-state index < -0.39 is 11.9 Å². The maximum atomic E-state index is 12.9. The highest BCUT2D eigenvalue weighted by Gasteiger charge is 2.38. The Labute approximate surface area is 205 Å². The third-order valence-electron chi connectivity index (χ3n) is 5.91. The van der Waals surface area contributed by atoms with Crippen LogP contribution in [0.25, 0.3) is 5.70 Å². The molecule has 1 aliphatic rings. The Morgan fingerprint density at radius 3 is 2.29 bits per heavy atom. The number of rotatable bonds is 12. The first-order valence-corrected chi connectivity index (χ1v) is 11.9. The van der Waals surface area contributed by atoms with Crippen LogP contribution in [-0.4, -0.2) is 24.1 Å². The molecule has 0 bridgehead atoms. The molecule has 0 saturated carbocycles. The number of unbranched alkanes of at least 4 members (excludes halogenated alkanes) is 1. The minimum Gasteiger partial charge on any atom is -0.385 e. The lowest BCUT2D eigenvalue weighted by Gasteiger charge is -2.21. The van der Waals surface area contributed by atoms with Crippen molar-refractivity contribution in [2.24, 2.45) is 10.2 Å². The van der Waals surface area contributed by atoms with Crippen LogP contribution < -0.4 is 10.6 Å². The van der Waals surface area contributed by atoms with Crippen LogP contribution in [0.1, 0.15) is 68.7 Å². The highest BCUT2D eigenvalue weighted by atomic mass is 19.4. The Morgan fingerprint density at radius 1 is 1.03 bits per heavy atom. The van der Waals surface area contributed by atoms with E-state index in [9.17, 15) is 13.2 Å². The molecule has 1 atom stereocenters. The minimum absolute atomic E-state index is 0.0826. The summed E-state index contributed by atoms with van der Waals surface area (Å²) in [6.45, 7) is 13.0. The van der Waals surface area contributed by atoms with Gasteiger partial charge in [-0.2, -0.15) is 18.3 Å². The third kappa shape index (κ3) is 7.57. The van der Waals surface area contributed by atoms with E-state index in [4.69, 9.17) is 0 Å². The van der Waals surface area contributed by atoms with E-state index in [2.05, 4.69) is 40.9 Å². The number of alkyl halides is 3. The smallest absolute Gasteiger partial charge is 0.385 e. The fraction of sp³-hybridized carbons (Fsp3) is 0.357. The lowest BCUT2D eigenvalue weighted by atomic mass is 9.97. The van der Waals surface area contributed by atoms with Gasteiger partial charge in [-0.05, 0) is 48.6 Å². The van der Waals surface area contributed by atoms with E-state index >= 15 is 0 Å². The second-order valence-electron chi connectivity index (χ2n) is 8.92. The summed E-state index contributed by atoms with van der Waals surface area (Å²) in [5.41, 5.74) is 5.27. The molecular formula is C28H33F3N4. The van der Waals surface area contributed by atoms with Crippen molar-refractivity contribution in [1.82, 2.24) is 5.32 Å². The van der Waals surface area contributed by atoms with Crippen molar-refractivity contribution in [3.63, 3.8) is 0 Å². The van der Waals surface area contributed by atoms with Gasteiger partial charge in [0, 0.05) is 24.4 Å². The molecule has 3 rings (SSSR count). The van der Waals surface area contributed by atoms with Crippen molar-refractivity contribution in [1.29, 1.82) is 0 Å². The van der Waals surface area contributed by atoms with Gasteiger partial charge >= 0.3 is 6.18 Å². The first-order valence-electron chi connectivity index (χ1n) is 11.9. The third-order valence-corrected chi connectivity index (χ3v) is 5.91. The molecule has 0 aromatic heterocycles. The molecule has 1 unspecified atom stereocenters. The number of anilines is 1. The van der Waals surface area contributed by atoms with E-state index in [0.717, 1.165) is 60.3 Å². The van der Waals surface area contributed by atoms with Gasteiger partial charge in [-0.15, -0.1) is 11.7 Å². The summed E-state index contributed by atoms with van der Waals surface area (Å²) in [5.74, 6) is 0. The molecule has 0 amide bonds. The normalized spacial score (nSPS) is 14.2. The summed E-state index contributed by atoms with van der Waals surface area (Å²) in [4.78, 5) is 0. The molecule has 186 valence electrons. The van der Waals surface area contributed by atoms with Crippen molar-refractivity contribution < 1.29 is 13.2 Å². The molecule has 2 N–H and O–H groups in total. The fourth-order valence-electron chi connectivity index (χ4n) is 3.80. The highest BCUT2D eigenvalue weighted by Crippen LogP contribution is 2.28. The largest absolute Gasteiger partial charge is 0.431 e. The van der Waals surface area contributed by atoms with Crippen LogP contribution in [0.3, 0.4) is 0 Å². The topological polar surface area (TPSA) is 48.8 Å². The van der Waals surface area contributed by atoms with Gasteiger partial charge in [-0.25, -0.2) is 0 Å². The van der Waals surface area contributed by atoms with Crippen LogP contribution in [0, 0.1) is 0 Å². The molecule has 0 spiro atoms. The molecule has 0 aliphatic carbocycles. The van der Waals surface area contributed by atoms with E-state index in [-0.39, 0.29) is 12.5 Å². The van der Waals surface area contributed by atoms with Crippen molar-refractivity contribution in [2.75, 3.05) is 11.9 Å². The first-order chi connectivity index (χ1) is 16.7. The number of hydrogen-bond donors (Lipinski definition) is 2. The molecular weight excluding hydrogens is 449 g/mol. The molecule has 4 nitrogen and oxygen atoms in total. The van der Waals surface area contributed by atoms with E-state index in [1.165, 1.54) is 0 Å². The molecule has 1 aliphatic heterocycles. The Hall–Kier alpha value is -3.35. The van der Waals surface area contributed by atoms with Gasteiger partial charge in [0.2, 0.25) is 0 Å². The highest BCUT2D eigenvalue weighted by molar-refractivity contribution is 6.16. The van der Waals surface area contributed by atoms with E-state index in [0.29, 0.717) is 11.3 Å². The zero-order chi connectivity index (χ0) is 25.4. The number of nitrogens with one attached hydrogen (secondary N) is 2. The van der Waals surface area contributed by atoms with Crippen LogP contribution >= 0.6 is 0 Å². The minimum atomic E-state index is -4.44. The maximum absolute atomic E-state index is 12.9.